The Bertz CT molecular complexity index is 648. The van der Waals surface area contributed by atoms with Crippen LogP contribution in [0.3, 0.4) is 0 Å². The van der Waals surface area contributed by atoms with E-state index < -0.39 is 0 Å². The molecule has 0 aliphatic rings. The van der Waals surface area contributed by atoms with Gasteiger partial charge in [0.25, 0.3) is 0 Å². The van der Waals surface area contributed by atoms with Gasteiger partial charge in [0.15, 0.2) is 0 Å². The van der Waals surface area contributed by atoms with E-state index in [-0.39, 0.29) is 0 Å². The minimum atomic E-state index is 0.637. The first-order chi connectivity index (χ1) is 11.6. The van der Waals surface area contributed by atoms with E-state index in [1.807, 2.05) is 12.3 Å². The number of aromatic nitrogens is 2. The van der Waals surface area contributed by atoms with E-state index in [0.717, 1.165) is 37.7 Å². The molecule has 0 saturated heterocycles. The summed E-state index contributed by atoms with van der Waals surface area (Å²) in [6.07, 6.45) is 1.81. The maximum atomic E-state index is 4.63. The summed E-state index contributed by atoms with van der Waals surface area (Å²) in [4.78, 5) is 13.5. The molecule has 0 bridgehead atoms. The average Bonchev–Trinajstić information content (AvgIpc) is 2.60. The lowest BCUT2D eigenvalue weighted by Gasteiger charge is -2.22. The number of hydrogen-bond donors (Lipinski definition) is 1. The van der Waals surface area contributed by atoms with Crippen LogP contribution in [0.1, 0.15) is 33.3 Å². The van der Waals surface area contributed by atoms with Crippen molar-refractivity contribution >= 4 is 23.1 Å². The van der Waals surface area contributed by atoms with E-state index >= 15 is 0 Å². The number of aryl methyl sites for hydroxylation is 1. The summed E-state index contributed by atoms with van der Waals surface area (Å²) < 4.78 is 0. The smallest absolute Gasteiger partial charge is 0.229 e. The molecule has 1 aromatic carbocycles. The van der Waals surface area contributed by atoms with Crippen molar-refractivity contribution < 1.29 is 0 Å². The fraction of sp³-hybridized carbons (Fsp3) is 0.474. The largest absolute Gasteiger partial charge is 0.372 e. The van der Waals surface area contributed by atoms with Gasteiger partial charge in [-0.1, -0.05) is 0 Å². The summed E-state index contributed by atoms with van der Waals surface area (Å²) in [5.74, 6) is 1.59. The fourth-order valence-electron chi connectivity index (χ4n) is 2.83. The Hall–Kier alpha value is -2.30. The van der Waals surface area contributed by atoms with Gasteiger partial charge in [-0.25, -0.2) is 4.98 Å². The highest BCUT2D eigenvalue weighted by atomic mass is 15.2. The Kier molecular flexibility index (Phi) is 6.41. The molecule has 0 fully saturated rings. The van der Waals surface area contributed by atoms with E-state index in [4.69, 9.17) is 0 Å². The molecule has 1 aromatic heterocycles. The third-order valence-electron chi connectivity index (χ3n) is 4.31. The number of benzene rings is 1. The fourth-order valence-corrected chi connectivity index (χ4v) is 2.83. The SMILES string of the molecule is CCN(CC)c1ccc(Nc2nccc(N(CC)CC)n2)c(C)c1. The van der Waals surface area contributed by atoms with Crippen LogP contribution in [0.4, 0.5) is 23.1 Å². The third-order valence-corrected chi connectivity index (χ3v) is 4.31. The van der Waals surface area contributed by atoms with Crippen LogP contribution in [0.2, 0.25) is 0 Å². The van der Waals surface area contributed by atoms with Crippen LogP contribution in [-0.4, -0.2) is 36.1 Å². The maximum absolute atomic E-state index is 4.63. The minimum absolute atomic E-state index is 0.637. The van der Waals surface area contributed by atoms with Crippen molar-refractivity contribution in [3.8, 4) is 0 Å². The zero-order chi connectivity index (χ0) is 17.5. The van der Waals surface area contributed by atoms with Crippen molar-refractivity contribution in [2.45, 2.75) is 34.6 Å². The summed E-state index contributed by atoms with van der Waals surface area (Å²) in [6.45, 7) is 14.6. The normalized spacial score (nSPS) is 10.5. The summed E-state index contributed by atoms with van der Waals surface area (Å²) in [6, 6.07) is 8.42. The molecule has 0 unspecified atom stereocenters. The van der Waals surface area contributed by atoms with Gasteiger partial charge in [0, 0.05) is 43.8 Å². The van der Waals surface area contributed by atoms with Gasteiger partial charge in [0.2, 0.25) is 5.95 Å². The first kappa shape index (κ1) is 18.0. The number of nitrogens with one attached hydrogen (secondary N) is 1. The molecule has 0 amide bonds. The van der Waals surface area contributed by atoms with E-state index in [2.05, 4.69) is 77.9 Å². The quantitative estimate of drug-likeness (QED) is 0.786. The molecule has 0 saturated carbocycles. The summed E-state index contributed by atoms with van der Waals surface area (Å²) in [5.41, 5.74) is 3.49. The monoisotopic (exact) mass is 327 g/mol. The molecule has 5 heteroatoms. The zero-order valence-electron chi connectivity index (χ0n) is 15.5. The van der Waals surface area contributed by atoms with Gasteiger partial charge < -0.3 is 15.1 Å². The lowest BCUT2D eigenvalue weighted by atomic mass is 10.1. The second-order valence-electron chi connectivity index (χ2n) is 5.71. The highest BCUT2D eigenvalue weighted by molar-refractivity contribution is 5.64. The number of anilines is 4. The molecule has 0 aliphatic carbocycles. The first-order valence-corrected chi connectivity index (χ1v) is 8.83. The van der Waals surface area contributed by atoms with Gasteiger partial charge in [-0.15, -0.1) is 0 Å². The van der Waals surface area contributed by atoms with Gasteiger partial charge in [0.05, 0.1) is 0 Å². The molecule has 0 atom stereocenters. The summed E-state index contributed by atoms with van der Waals surface area (Å²) in [5, 5.41) is 3.35. The molecule has 5 nitrogen and oxygen atoms in total. The van der Waals surface area contributed by atoms with E-state index in [1.165, 1.54) is 11.3 Å². The summed E-state index contributed by atoms with van der Waals surface area (Å²) >= 11 is 0. The van der Waals surface area contributed by atoms with Crippen LogP contribution in [0, 0.1) is 6.92 Å². The van der Waals surface area contributed by atoms with Crippen molar-refractivity contribution in [2.75, 3.05) is 41.3 Å². The molecule has 2 rings (SSSR count). The van der Waals surface area contributed by atoms with Crippen molar-refractivity contribution in [3.05, 3.63) is 36.0 Å². The topological polar surface area (TPSA) is 44.3 Å². The van der Waals surface area contributed by atoms with Gasteiger partial charge in [-0.3, -0.25) is 0 Å². The molecular formula is C19H29N5. The van der Waals surface area contributed by atoms with Gasteiger partial charge in [-0.05, 0) is 64.4 Å². The van der Waals surface area contributed by atoms with Gasteiger partial charge in [0.1, 0.15) is 5.82 Å². The van der Waals surface area contributed by atoms with Crippen molar-refractivity contribution in [1.82, 2.24) is 9.97 Å². The Morgan fingerprint density at radius 1 is 0.917 bits per heavy atom. The van der Waals surface area contributed by atoms with E-state index in [1.54, 1.807) is 0 Å². The minimum Gasteiger partial charge on any atom is -0.372 e. The molecule has 0 spiro atoms. The molecule has 1 heterocycles. The van der Waals surface area contributed by atoms with Crippen LogP contribution in [0.5, 0.6) is 0 Å². The molecule has 24 heavy (non-hydrogen) atoms. The highest BCUT2D eigenvalue weighted by Crippen LogP contribution is 2.25. The van der Waals surface area contributed by atoms with E-state index in [9.17, 15) is 0 Å². The second kappa shape index (κ2) is 8.52. The molecule has 130 valence electrons. The van der Waals surface area contributed by atoms with Crippen LogP contribution in [0.25, 0.3) is 0 Å². The Morgan fingerprint density at radius 2 is 1.58 bits per heavy atom. The zero-order valence-corrected chi connectivity index (χ0v) is 15.5. The second-order valence-corrected chi connectivity index (χ2v) is 5.71. The third kappa shape index (κ3) is 4.16. The van der Waals surface area contributed by atoms with Crippen LogP contribution < -0.4 is 15.1 Å². The van der Waals surface area contributed by atoms with Gasteiger partial charge >= 0.3 is 0 Å². The molecule has 2 aromatic rings. The Morgan fingerprint density at radius 3 is 2.17 bits per heavy atom. The predicted octanol–water partition coefficient (Wildman–Crippen LogP) is 4.22. The Balaban J connectivity index is 2.21. The predicted molar refractivity (Wildman–Crippen MR) is 104 cm³/mol. The average molecular weight is 327 g/mol. The first-order valence-electron chi connectivity index (χ1n) is 8.83. The van der Waals surface area contributed by atoms with Gasteiger partial charge in [-0.2, -0.15) is 4.98 Å². The van der Waals surface area contributed by atoms with Crippen LogP contribution >= 0.6 is 0 Å². The van der Waals surface area contributed by atoms with Crippen LogP contribution in [0.15, 0.2) is 30.5 Å². The number of nitrogens with zero attached hydrogens (tertiary/aromatic N) is 4. The number of rotatable bonds is 8. The molecule has 1 N–H and O–H groups in total. The molecule has 0 radical (unpaired) electrons. The van der Waals surface area contributed by atoms with Crippen molar-refractivity contribution in [1.29, 1.82) is 0 Å². The number of hydrogen-bond acceptors (Lipinski definition) is 5. The highest BCUT2D eigenvalue weighted by Gasteiger charge is 2.08. The van der Waals surface area contributed by atoms with Crippen molar-refractivity contribution in [2.24, 2.45) is 0 Å². The lowest BCUT2D eigenvalue weighted by Crippen LogP contribution is -2.23. The van der Waals surface area contributed by atoms with Crippen LogP contribution in [-0.2, 0) is 0 Å². The van der Waals surface area contributed by atoms with E-state index in [0.29, 0.717) is 5.95 Å². The standard InChI is InChI=1S/C19H29N5/c1-6-23(7-2)16-10-11-17(15(5)14-16)21-19-20-13-12-18(22-19)24(8-3)9-4/h10-14H,6-9H2,1-5H3,(H,20,21,22). The Labute approximate surface area is 145 Å². The maximum Gasteiger partial charge on any atom is 0.229 e. The lowest BCUT2D eigenvalue weighted by molar-refractivity contribution is 0.843. The molecular weight excluding hydrogens is 298 g/mol. The van der Waals surface area contributed by atoms with Crippen molar-refractivity contribution in [3.63, 3.8) is 0 Å². The molecule has 0 aliphatic heterocycles. The summed E-state index contributed by atoms with van der Waals surface area (Å²) in [7, 11) is 0.